The van der Waals surface area contributed by atoms with Crippen molar-refractivity contribution in [2.75, 3.05) is 11.5 Å². The Labute approximate surface area is 146 Å². The quantitative estimate of drug-likeness (QED) is 0.857. The minimum atomic E-state index is -3.09. The predicted molar refractivity (Wildman–Crippen MR) is 90.3 cm³/mol. The van der Waals surface area contributed by atoms with Crippen LogP contribution >= 0.6 is 0 Å². The second-order valence-corrected chi connectivity index (χ2v) is 8.29. The minimum Gasteiger partial charge on any atom is -0.340 e. The first kappa shape index (κ1) is 17.4. The molecule has 1 aromatic carbocycles. The van der Waals surface area contributed by atoms with Crippen LogP contribution in [0.5, 0.6) is 0 Å². The molecule has 134 valence electrons. The third-order valence-corrected chi connectivity index (χ3v) is 5.82. The fourth-order valence-electron chi connectivity index (χ4n) is 2.84. The van der Waals surface area contributed by atoms with E-state index >= 15 is 0 Å². The van der Waals surface area contributed by atoms with Crippen LogP contribution in [0.15, 0.2) is 34.9 Å². The Bertz CT molecular complexity index is 835. The first-order valence-electron chi connectivity index (χ1n) is 8.01. The van der Waals surface area contributed by atoms with Crippen LogP contribution in [0.4, 0.5) is 4.79 Å². The molecule has 2 aromatic rings. The van der Waals surface area contributed by atoms with E-state index in [9.17, 15) is 13.2 Å². The number of aromatic nitrogens is 2. The largest absolute Gasteiger partial charge is 0.340 e. The summed E-state index contributed by atoms with van der Waals surface area (Å²) in [5.41, 5.74) is 0.942. The Kier molecular flexibility index (Phi) is 5.03. The zero-order valence-electron chi connectivity index (χ0n) is 13.9. The summed E-state index contributed by atoms with van der Waals surface area (Å²) < 4.78 is 28.5. The van der Waals surface area contributed by atoms with Crippen LogP contribution in [0, 0.1) is 6.92 Å². The Hall–Kier alpha value is -2.42. The van der Waals surface area contributed by atoms with Crippen LogP contribution in [-0.2, 0) is 22.9 Å². The molecular weight excluding hydrogens is 344 g/mol. The van der Waals surface area contributed by atoms with Crippen molar-refractivity contribution in [2.45, 2.75) is 32.5 Å². The van der Waals surface area contributed by atoms with Crippen molar-refractivity contribution in [1.29, 1.82) is 0 Å². The van der Waals surface area contributed by atoms with E-state index in [4.69, 9.17) is 4.52 Å². The van der Waals surface area contributed by atoms with Gasteiger partial charge in [0.05, 0.1) is 18.1 Å². The Morgan fingerprint density at radius 1 is 1.36 bits per heavy atom. The van der Waals surface area contributed by atoms with Crippen molar-refractivity contribution in [3.05, 3.63) is 47.6 Å². The molecule has 0 bridgehead atoms. The number of urea groups is 1. The highest BCUT2D eigenvalue weighted by atomic mass is 32.2. The maximum absolute atomic E-state index is 12.7. The third kappa shape index (κ3) is 4.56. The summed E-state index contributed by atoms with van der Waals surface area (Å²) in [7, 11) is -3.09. The first-order valence-corrected chi connectivity index (χ1v) is 9.83. The van der Waals surface area contributed by atoms with Crippen LogP contribution in [0.25, 0.3) is 0 Å². The molecule has 2 heterocycles. The Balaban J connectivity index is 1.71. The van der Waals surface area contributed by atoms with E-state index in [0.717, 1.165) is 5.56 Å². The van der Waals surface area contributed by atoms with Crippen molar-refractivity contribution in [1.82, 2.24) is 20.4 Å². The molecule has 1 atom stereocenters. The van der Waals surface area contributed by atoms with Gasteiger partial charge in [-0.2, -0.15) is 4.98 Å². The van der Waals surface area contributed by atoms with E-state index in [0.29, 0.717) is 24.7 Å². The number of carbonyl (C=O) groups excluding carboxylic acids is 1. The topological polar surface area (TPSA) is 105 Å². The number of hydrogen-bond donors (Lipinski definition) is 1. The highest BCUT2D eigenvalue weighted by Gasteiger charge is 2.34. The monoisotopic (exact) mass is 364 g/mol. The molecule has 0 spiro atoms. The molecule has 25 heavy (non-hydrogen) atoms. The lowest BCUT2D eigenvalue weighted by molar-refractivity contribution is 0.175. The van der Waals surface area contributed by atoms with Gasteiger partial charge in [0.15, 0.2) is 15.7 Å². The second kappa shape index (κ2) is 7.22. The lowest BCUT2D eigenvalue weighted by Gasteiger charge is -2.28. The van der Waals surface area contributed by atoms with Gasteiger partial charge < -0.3 is 14.7 Å². The van der Waals surface area contributed by atoms with Crippen molar-refractivity contribution in [3.63, 3.8) is 0 Å². The SMILES string of the molecule is Cc1nc(CNC(=O)N(Cc2ccccc2)[C@@H]2CCS(=O)(=O)C2)no1. The van der Waals surface area contributed by atoms with Gasteiger partial charge in [0, 0.05) is 19.5 Å². The summed E-state index contributed by atoms with van der Waals surface area (Å²) in [6.07, 6.45) is 0.448. The van der Waals surface area contributed by atoms with Gasteiger partial charge in [-0.05, 0) is 12.0 Å². The van der Waals surface area contributed by atoms with Crippen molar-refractivity contribution in [3.8, 4) is 0 Å². The smallest absolute Gasteiger partial charge is 0.318 e. The number of amides is 2. The number of hydrogen-bond acceptors (Lipinski definition) is 6. The summed E-state index contributed by atoms with van der Waals surface area (Å²) in [4.78, 5) is 18.3. The molecule has 0 radical (unpaired) electrons. The lowest BCUT2D eigenvalue weighted by Crippen LogP contribution is -2.46. The van der Waals surface area contributed by atoms with Crippen LogP contribution in [0.3, 0.4) is 0 Å². The van der Waals surface area contributed by atoms with Crippen molar-refractivity contribution >= 4 is 15.9 Å². The average molecular weight is 364 g/mol. The molecule has 1 N–H and O–H groups in total. The highest BCUT2D eigenvalue weighted by molar-refractivity contribution is 7.91. The van der Waals surface area contributed by atoms with E-state index in [1.54, 1.807) is 11.8 Å². The zero-order chi connectivity index (χ0) is 17.9. The minimum absolute atomic E-state index is 0.00538. The number of carbonyl (C=O) groups is 1. The maximum atomic E-state index is 12.7. The molecule has 0 aliphatic carbocycles. The molecular formula is C16H20N4O4S. The fourth-order valence-corrected chi connectivity index (χ4v) is 4.57. The van der Waals surface area contributed by atoms with Crippen molar-refractivity contribution in [2.24, 2.45) is 0 Å². The van der Waals surface area contributed by atoms with Crippen molar-refractivity contribution < 1.29 is 17.7 Å². The summed E-state index contributed by atoms with van der Waals surface area (Å²) in [5, 5.41) is 6.48. The number of benzene rings is 1. The molecule has 8 nitrogen and oxygen atoms in total. The Morgan fingerprint density at radius 2 is 2.12 bits per heavy atom. The number of aryl methyl sites for hydroxylation is 1. The molecule has 1 aromatic heterocycles. The molecule has 9 heteroatoms. The van der Waals surface area contributed by atoms with Gasteiger partial charge >= 0.3 is 6.03 Å². The van der Waals surface area contributed by atoms with Gasteiger partial charge in [0.2, 0.25) is 5.89 Å². The zero-order valence-corrected chi connectivity index (χ0v) is 14.7. The standard InChI is InChI=1S/C16H20N4O4S/c1-12-18-15(19-24-12)9-17-16(21)20(10-13-5-3-2-4-6-13)14-7-8-25(22,23)11-14/h2-6,14H,7-11H2,1H3,(H,17,21)/t14-/m1/s1. The van der Waals surface area contributed by atoms with E-state index < -0.39 is 9.84 Å². The number of nitrogens with zero attached hydrogens (tertiary/aromatic N) is 3. The fraction of sp³-hybridized carbons (Fsp3) is 0.438. The second-order valence-electron chi connectivity index (χ2n) is 6.06. The van der Waals surface area contributed by atoms with Crippen LogP contribution < -0.4 is 5.32 Å². The van der Waals surface area contributed by atoms with Crippen LogP contribution in [0.2, 0.25) is 0 Å². The van der Waals surface area contributed by atoms with E-state index in [2.05, 4.69) is 15.5 Å². The van der Waals surface area contributed by atoms with Gasteiger partial charge in [-0.25, -0.2) is 13.2 Å². The summed E-state index contributed by atoms with van der Waals surface area (Å²) in [5.74, 6) is 0.909. The molecule has 3 rings (SSSR count). The number of rotatable bonds is 5. The molecule has 2 amide bonds. The van der Waals surface area contributed by atoms with Crippen LogP contribution in [0.1, 0.15) is 23.7 Å². The first-order chi connectivity index (χ1) is 11.9. The average Bonchev–Trinajstić information content (AvgIpc) is 3.16. The van der Waals surface area contributed by atoms with Gasteiger partial charge in [0.25, 0.3) is 0 Å². The Morgan fingerprint density at radius 3 is 2.72 bits per heavy atom. The molecule has 0 saturated carbocycles. The van der Waals surface area contributed by atoms with E-state index in [1.807, 2.05) is 30.3 Å². The normalized spacial score (nSPS) is 18.8. The lowest BCUT2D eigenvalue weighted by atomic mass is 10.1. The van der Waals surface area contributed by atoms with Gasteiger partial charge in [-0.1, -0.05) is 35.5 Å². The molecule has 0 unspecified atom stereocenters. The van der Waals surface area contributed by atoms with E-state index in [-0.39, 0.29) is 30.1 Å². The summed E-state index contributed by atoms with van der Waals surface area (Å²) in [6.45, 7) is 2.14. The molecule has 1 aliphatic rings. The number of sulfone groups is 1. The molecule has 1 fully saturated rings. The molecule has 1 aliphatic heterocycles. The summed E-state index contributed by atoms with van der Waals surface area (Å²) in [6, 6.07) is 8.81. The maximum Gasteiger partial charge on any atom is 0.318 e. The molecule has 1 saturated heterocycles. The predicted octanol–water partition coefficient (Wildman–Crippen LogP) is 1.28. The van der Waals surface area contributed by atoms with Crippen LogP contribution in [-0.4, -0.2) is 47.0 Å². The highest BCUT2D eigenvalue weighted by Crippen LogP contribution is 2.20. The van der Waals surface area contributed by atoms with Gasteiger partial charge in [-0.3, -0.25) is 0 Å². The summed E-state index contributed by atoms with van der Waals surface area (Å²) >= 11 is 0. The number of nitrogens with one attached hydrogen (secondary N) is 1. The van der Waals surface area contributed by atoms with Gasteiger partial charge in [-0.15, -0.1) is 0 Å². The third-order valence-electron chi connectivity index (χ3n) is 4.07. The van der Waals surface area contributed by atoms with Gasteiger partial charge in [0.1, 0.15) is 0 Å². The van der Waals surface area contributed by atoms with E-state index in [1.165, 1.54) is 0 Å².